The minimum absolute atomic E-state index is 0.107. The smallest absolute Gasteiger partial charge is 0.462 e. The third-order valence-electron chi connectivity index (χ3n) is 16.5. The molecule has 90 heavy (non-hydrogen) atoms. The van der Waals surface area contributed by atoms with Gasteiger partial charge in [-0.25, -0.2) is 9.13 Å². The Hall–Kier alpha value is -1.94. The molecule has 534 valence electrons. The summed E-state index contributed by atoms with van der Waals surface area (Å²) < 4.78 is 68.3. The summed E-state index contributed by atoms with van der Waals surface area (Å²) in [4.78, 5) is 72.6. The Morgan fingerprint density at radius 3 is 0.756 bits per heavy atom. The first kappa shape index (κ1) is 88.1. The molecule has 0 radical (unpaired) electrons. The molecular formula is C71H138O17P2. The van der Waals surface area contributed by atoms with Gasteiger partial charge in [0.1, 0.15) is 19.3 Å². The standard InChI is InChI=1S/C71H138O17P2/c1-6-9-12-15-18-21-24-27-29-32-35-42-47-52-57-71(76)87-66(60-81-68(73)54-49-44-39-33-31-28-25-22-19-16-13-10-7-2)62-85-89(77,78)83-58-65(72)59-84-90(79,80)86-63-67(61-82-69(74)55-50-45-40-37-36-38-43-48-53-64(4)5)88-70(75)56-51-46-41-34-30-26-23-20-17-14-11-8-3/h64-67,72H,6-63H2,1-5H3,(H,77,78)(H,79,80)/t65-,66-,67-/m1/s1. The highest BCUT2D eigenvalue weighted by Gasteiger charge is 2.30. The van der Waals surface area contributed by atoms with Gasteiger partial charge in [-0.3, -0.25) is 37.3 Å². The molecule has 5 atom stereocenters. The SMILES string of the molecule is CCCCCCCCCCCCCCCCC(=O)O[C@H](COC(=O)CCCCCCCCCCCCCCC)COP(=O)(O)OC[C@@H](O)COP(=O)(O)OC[C@@H](COC(=O)CCCCCCCCCCC(C)C)OC(=O)CCCCCCCCCCCCCC. The first-order valence-corrected chi connectivity index (χ1v) is 40.1. The van der Waals surface area contributed by atoms with Crippen molar-refractivity contribution in [2.75, 3.05) is 39.6 Å². The van der Waals surface area contributed by atoms with E-state index in [0.717, 1.165) is 95.8 Å². The molecule has 0 fully saturated rings. The number of carbonyl (C=O) groups is 4. The molecule has 17 nitrogen and oxygen atoms in total. The van der Waals surface area contributed by atoms with E-state index in [1.165, 1.54) is 193 Å². The average molecular weight is 1330 g/mol. The molecule has 19 heteroatoms. The molecule has 0 aliphatic rings. The predicted octanol–water partition coefficient (Wildman–Crippen LogP) is 20.5. The van der Waals surface area contributed by atoms with Crippen LogP contribution in [0.1, 0.15) is 369 Å². The third kappa shape index (κ3) is 64.8. The maximum Gasteiger partial charge on any atom is 0.472 e. The van der Waals surface area contributed by atoms with Gasteiger partial charge in [-0.15, -0.1) is 0 Å². The summed E-state index contributed by atoms with van der Waals surface area (Å²) >= 11 is 0. The van der Waals surface area contributed by atoms with Gasteiger partial charge in [-0.2, -0.15) is 0 Å². The monoisotopic (exact) mass is 1320 g/mol. The summed E-state index contributed by atoms with van der Waals surface area (Å²) in [5.74, 6) is -1.39. The molecule has 0 aromatic rings. The van der Waals surface area contributed by atoms with Crippen LogP contribution in [0.2, 0.25) is 0 Å². The first-order valence-electron chi connectivity index (χ1n) is 37.1. The molecule has 2 unspecified atom stereocenters. The first-order chi connectivity index (χ1) is 43.5. The fourth-order valence-electron chi connectivity index (χ4n) is 10.8. The van der Waals surface area contributed by atoms with E-state index in [9.17, 15) is 43.2 Å². The van der Waals surface area contributed by atoms with Gasteiger partial charge in [0.2, 0.25) is 0 Å². The molecule has 0 amide bonds. The topological polar surface area (TPSA) is 237 Å². The number of ether oxygens (including phenoxy) is 4. The highest BCUT2D eigenvalue weighted by molar-refractivity contribution is 7.47. The second-order valence-corrected chi connectivity index (χ2v) is 29.0. The maximum absolute atomic E-state index is 13.0. The third-order valence-corrected chi connectivity index (χ3v) is 18.4. The largest absolute Gasteiger partial charge is 0.472 e. The quantitative estimate of drug-likeness (QED) is 0.0222. The molecule has 0 aromatic carbocycles. The van der Waals surface area contributed by atoms with Crippen LogP contribution in [-0.2, 0) is 65.4 Å². The van der Waals surface area contributed by atoms with Gasteiger partial charge in [0.15, 0.2) is 12.2 Å². The Labute approximate surface area is 549 Å². The lowest BCUT2D eigenvalue weighted by Crippen LogP contribution is -2.30. The molecule has 0 rings (SSSR count). The van der Waals surface area contributed by atoms with Crippen molar-refractivity contribution < 1.29 is 80.2 Å². The summed E-state index contributed by atoms with van der Waals surface area (Å²) in [5.41, 5.74) is 0. The number of rotatable bonds is 71. The Morgan fingerprint density at radius 2 is 0.511 bits per heavy atom. The number of unbranched alkanes of at least 4 members (excludes halogenated alkanes) is 43. The number of phosphoric acid groups is 2. The molecule has 0 aliphatic carbocycles. The zero-order valence-corrected chi connectivity index (χ0v) is 60.1. The maximum atomic E-state index is 13.0. The number of aliphatic hydroxyl groups is 1. The second kappa shape index (κ2) is 64.4. The zero-order chi connectivity index (χ0) is 66.3. The van der Waals surface area contributed by atoms with Gasteiger partial charge in [0, 0.05) is 25.7 Å². The van der Waals surface area contributed by atoms with Crippen molar-refractivity contribution in [3.63, 3.8) is 0 Å². The highest BCUT2D eigenvalue weighted by Crippen LogP contribution is 2.45. The molecule has 0 aromatic heterocycles. The summed E-state index contributed by atoms with van der Waals surface area (Å²) in [5, 5.41) is 10.6. The molecular weight excluding hydrogens is 1190 g/mol. The van der Waals surface area contributed by atoms with Crippen LogP contribution in [0.5, 0.6) is 0 Å². The minimum Gasteiger partial charge on any atom is -0.462 e. The predicted molar refractivity (Wildman–Crippen MR) is 363 cm³/mol. The van der Waals surface area contributed by atoms with Gasteiger partial charge in [-0.05, 0) is 31.6 Å². The number of hydrogen-bond donors (Lipinski definition) is 3. The van der Waals surface area contributed by atoms with Gasteiger partial charge < -0.3 is 33.8 Å². The molecule has 0 spiro atoms. The van der Waals surface area contributed by atoms with Crippen LogP contribution in [0.3, 0.4) is 0 Å². The minimum atomic E-state index is -4.95. The van der Waals surface area contributed by atoms with Crippen molar-refractivity contribution >= 4 is 39.5 Å². The van der Waals surface area contributed by atoms with Gasteiger partial charge >= 0.3 is 39.5 Å². The van der Waals surface area contributed by atoms with Crippen LogP contribution in [-0.4, -0.2) is 96.7 Å². The van der Waals surface area contributed by atoms with E-state index in [1.807, 2.05) is 0 Å². The summed E-state index contributed by atoms with van der Waals surface area (Å²) in [6, 6.07) is 0. The molecule has 0 bridgehead atoms. The average Bonchev–Trinajstić information content (AvgIpc) is 3.61. The van der Waals surface area contributed by atoms with Gasteiger partial charge in [-0.1, -0.05) is 317 Å². The van der Waals surface area contributed by atoms with E-state index in [0.29, 0.717) is 25.7 Å². The van der Waals surface area contributed by atoms with Crippen LogP contribution >= 0.6 is 15.6 Å². The fraction of sp³-hybridized carbons (Fsp3) is 0.944. The second-order valence-electron chi connectivity index (χ2n) is 26.1. The number of phosphoric ester groups is 2. The van der Waals surface area contributed by atoms with Gasteiger partial charge in [0.05, 0.1) is 26.4 Å². The van der Waals surface area contributed by atoms with Crippen molar-refractivity contribution in [3.8, 4) is 0 Å². The summed E-state index contributed by atoms with van der Waals surface area (Å²) in [6.07, 6.45) is 51.2. The van der Waals surface area contributed by atoms with Crippen LogP contribution < -0.4 is 0 Å². The van der Waals surface area contributed by atoms with Crippen molar-refractivity contribution in [1.82, 2.24) is 0 Å². The number of aliphatic hydroxyl groups excluding tert-OH is 1. The van der Waals surface area contributed by atoms with E-state index >= 15 is 0 Å². The lowest BCUT2D eigenvalue weighted by molar-refractivity contribution is -0.161. The van der Waals surface area contributed by atoms with Crippen molar-refractivity contribution in [2.24, 2.45) is 5.92 Å². The van der Waals surface area contributed by atoms with Crippen LogP contribution in [0.4, 0.5) is 0 Å². The molecule has 0 saturated carbocycles. The Bertz CT molecular complexity index is 1740. The molecule has 3 N–H and O–H groups in total. The molecule has 0 aliphatic heterocycles. The summed E-state index contributed by atoms with van der Waals surface area (Å²) in [6.45, 7) is 7.23. The van der Waals surface area contributed by atoms with E-state index in [-0.39, 0.29) is 25.7 Å². The van der Waals surface area contributed by atoms with Crippen LogP contribution in [0.15, 0.2) is 0 Å². The van der Waals surface area contributed by atoms with Crippen molar-refractivity contribution in [1.29, 1.82) is 0 Å². The van der Waals surface area contributed by atoms with E-state index in [1.54, 1.807) is 0 Å². The lowest BCUT2D eigenvalue weighted by Gasteiger charge is -2.21. The normalized spacial score (nSPS) is 14.1. The van der Waals surface area contributed by atoms with E-state index in [2.05, 4.69) is 34.6 Å². The van der Waals surface area contributed by atoms with Crippen LogP contribution in [0, 0.1) is 5.92 Å². The van der Waals surface area contributed by atoms with Crippen molar-refractivity contribution in [2.45, 2.75) is 387 Å². The Kier molecular flexibility index (Phi) is 63.0. The highest BCUT2D eigenvalue weighted by atomic mass is 31.2. The number of carbonyl (C=O) groups excluding carboxylic acids is 4. The van der Waals surface area contributed by atoms with E-state index in [4.69, 9.17) is 37.0 Å². The summed E-state index contributed by atoms with van der Waals surface area (Å²) in [7, 11) is -9.90. The Balaban J connectivity index is 5.25. The van der Waals surface area contributed by atoms with E-state index < -0.39 is 97.5 Å². The van der Waals surface area contributed by atoms with Crippen LogP contribution in [0.25, 0.3) is 0 Å². The Morgan fingerprint density at radius 1 is 0.300 bits per heavy atom. The number of esters is 4. The lowest BCUT2D eigenvalue weighted by atomic mass is 10.0. The molecule has 0 heterocycles. The molecule has 0 saturated heterocycles. The van der Waals surface area contributed by atoms with Gasteiger partial charge in [0.25, 0.3) is 0 Å². The number of hydrogen-bond acceptors (Lipinski definition) is 15. The fourth-order valence-corrected chi connectivity index (χ4v) is 12.4. The van der Waals surface area contributed by atoms with Crippen molar-refractivity contribution in [3.05, 3.63) is 0 Å². The zero-order valence-electron chi connectivity index (χ0n) is 58.3.